The smallest absolute Gasteiger partial charge is 0.265 e. The van der Waals surface area contributed by atoms with E-state index < -0.39 is 0 Å². The fourth-order valence-corrected chi connectivity index (χ4v) is 3.73. The van der Waals surface area contributed by atoms with Gasteiger partial charge in [0, 0.05) is 32.2 Å². The summed E-state index contributed by atoms with van der Waals surface area (Å²) < 4.78 is 5.38. The van der Waals surface area contributed by atoms with E-state index in [1.54, 1.807) is 0 Å². The third-order valence-electron chi connectivity index (χ3n) is 4.02. The molecule has 6 nitrogen and oxygen atoms in total. The van der Waals surface area contributed by atoms with Crippen molar-refractivity contribution in [2.24, 2.45) is 0 Å². The first-order valence-electron chi connectivity index (χ1n) is 6.99. The predicted molar refractivity (Wildman–Crippen MR) is 78.0 cm³/mol. The molecule has 7 heteroatoms. The second-order valence-electron chi connectivity index (χ2n) is 5.31. The third-order valence-corrected chi connectivity index (χ3v) is 4.99. The lowest BCUT2D eigenvalue weighted by Crippen LogP contribution is -2.45. The summed E-state index contributed by atoms with van der Waals surface area (Å²) in [5.74, 6) is 0.0764. The Labute approximate surface area is 122 Å². The van der Waals surface area contributed by atoms with Crippen LogP contribution < -0.4 is 5.73 Å². The topological polar surface area (TPSA) is 71.7 Å². The molecule has 0 spiro atoms. The van der Waals surface area contributed by atoms with Crippen LogP contribution in [0.5, 0.6) is 0 Å². The molecule has 0 aliphatic carbocycles. The van der Waals surface area contributed by atoms with Crippen molar-refractivity contribution < 1.29 is 9.53 Å². The second kappa shape index (κ2) is 5.67. The number of hydrogen-bond donors (Lipinski definition) is 1. The van der Waals surface area contributed by atoms with Crippen LogP contribution in [0.2, 0.25) is 0 Å². The molecule has 2 aliphatic rings. The average Bonchev–Trinajstić information content (AvgIpc) is 3.06. The summed E-state index contributed by atoms with van der Waals surface area (Å²) in [4.78, 5) is 21.7. The van der Waals surface area contributed by atoms with Gasteiger partial charge in [-0.05, 0) is 13.3 Å². The van der Waals surface area contributed by atoms with E-state index in [0.29, 0.717) is 16.1 Å². The normalized spacial score (nSPS) is 24.2. The number of ether oxygens (including phenoxy) is 1. The molecule has 1 amide bonds. The number of thiazole rings is 1. The van der Waals surface area contributed by atoms with Crippen molar-refractivity contribution in [3.63, 3.8) is 0 Å². The van der Waals surface area contributed by atoms with Crippen LogP contribution in [-0.2, 0) is 4.74 Å². The van der Waals surface area contributed by atoms with Crippen LogP contribution in [0.15, 0.2) is 0 Å². The van der Waals surface area contributed by atoms with E-state index in [2.05, 4.69) is 9.88 Å². The third kappa shape index (κ3) is 2.65. The average molecular weight is 296 g/mol. The molecule has 0 saturated carbocycles. The number of morpholine rings is 1. The summed E-state index contributed by atoms with van der Waals surface area (Å²) in [6.45, 7) is 7.01. The number of nitrogen functional groups attached to an aromatic ring is 1. The highest BCUT2D eigenvalue weighted by atomic mass is 32.1. The molecule has 0 radical (unpaired) electrons. The monoisotopic (exact) mass is 296 g/mol. The summed E-state index contributed by atoms with van der Waals surface area (Å²) in [6, 6.07) is 0.466. The Hall–Kier alpha value is -1.18. The van der Waals surface area contributed by atoms with E-state index in [1.165, 1.54) is 11.3 Å². The quantitative estimate of drug-likeness (QED) is 0.864. The van der Waals surface area contributed by atoms with Gasteiger partial charge in [-0.15, -0.1) is 0 Å². The Balaban J connectivity index is 1.64. The first-order chi connectivity index (χ1) is 9.65. The van der Waals surface area contributed by atoms with Crippen LogP contribution >= 0.6 is 11.3 Å². The highest BCUT2D eigenvalue weighted by Crippen LogP contribution is 2.25. The molecule has 2 N–H and O–H groups in total. The number of anilines is 1. The minimum absolute atomic E-state index is 0.0764. The van der Waals surface area contributed by atoms with Crippen LogP contribution in [0.4, 0.5) is 5.13 Å². The first-order valence-corrected chi connectivity index (χ1v) is 7.81. The number of rotatable bonds is 2. The van der Waals surface area contributed by atoms with E-state index in [1.807, 2.05) is 11.8 Å². The summed E-state index contributed by atoms with van der Waals surface area (Å²) in [6.07, 6.45) is 1.04. The summed E-state index contributed by atoms with van der Waals surface area (Å²) in [7, 11) is 0. The molecule has 1 atom stereocenters. The highest BCUT2D eigenvalue weighted by Gasteiger charge is 2.32. The van der Waals surface area contributed by atoms with Gasteiger partial charge in [-0.25, -0.2) is 4.98 Å². The number of carbonyl (C=O) groups is 1. The molecule has 1 unspecified atom stereocenters. The summed E-state index contributed by atoms with van der Waals surface area (Å²) >= 11 is 1.29. The van der Waals surface area contributed by atoms with Gasteiger partial charge in [0.1, 0.15) is 4.88 Å². The highest BCUT2D eigenvalue weighted by molar-refractivity contribution is 7.17. The van der Waals surface area contributed by atoms with Crippen molar-refractivity contribution in [1.29, 1.82) is 0 Å². The number of nitrogens with zero attached hydrogens (tertiary/aromatic N) is 3. The van der Waals surface area contributed by atoms with Gasteiger partial charge in [0.05, 0.1) is 18.9 Å². The van der Waals surface area contributed by atoms with E-state index >= 15 is 0 Å². The summed E-state index contributed by atoms with van der Waals surface area (Å²) in [5.41, 5.74) is 6.42. The zero-order valence-electron chi connectivity index (χ0n) is 11.7. The number of nitrogens with two attached hydrogens (primary N) is 1. The van der Waals surface area contributed by atoms with Crippen molar-refractivity contribution in [2.45, 2.75) is 19.4 Å². The zero-order valence-corrected chi connectivity index (χ0v) is 12.5. The van der Waals surface area contributed by atoms with Crippen LogP contribution in [0.25, 0.3) is 0 Å². The van der Waals surface area contributed by atoms with Gasteiger partial charge in [-0.2, -0.15) is 0 Å². The Bertz CT molecular complexity index is 499. The van der Waals surface area contributed by atoms with Gasteiger partial charge in [0.25, 0.3) is 5.91 Å². The molecule has 3 heterocycles. The lowest BCUT2D eigenvalue weighted by atomic mass is 10.2. The number of carbonyl (C=O) groups excluding carboxylic acids is 1. The van der Waals surface area contributed by atoms with Crippen LogP contribution in [0, 0.1) is 6.92 Å². The Kier molecular flexibility index (Phi) is 3.91. The molecule has 2 saturated heterocycles. The molecule has 20 heavy (non-hydrogen) atoms. The molecular weight excluding hydrogens is 276 g/mol. The molecule has 3 rings (SSSR count). The van der Waals surface area contributed by atoms with Gasteiger partial charge in [0.15, 0.2) is 5.13 Å². The number of aryl methyl sites for hydroxylation is 1. The van der Waals surface area contributed by atoms with E-state index in [4.69, 9.17) is 10.5 Å². The lowest BCUT2D eigenvalue weighted by Gasteiger charge is -2.32. The Morgan fingerprint density at radius 3 is 2.80 bits per heavy atom. The lowest BCUT2D eigenvalue weighted by molar-refractivity contribution is 0.0185. The zero-order chi connectivity index (χ0) is 14.1. The Morgan fingerprint density at radius 2 is 2.15 bits per heavy atom. The van der Waals surface area contributed by atoms with Crippen LogP contribution in [0.3, 0.4) is 0 Å². The van der Waals surface area contributed by atoms with Crippen molar-refractivity contribution >= 4 is 22.4 Å². The van der Waals surface area contributed by atoms with Crippen molar-refractivity contribution in [2.75, 3.05) is 45.1 Å². The maximum absolute atomic E-state index is 12.5. The molecule has 110 valence electrons. The van der Waals surface area contributed by atoms with Crippen molar-refractivity contribution in [3.05, 3.63) is 10.6 Å². The first kappa shape index (κ1) is 13.8. The van der Waals surface area contributed by atoms with E-state index in [0.717, 1.165) is 51.5 Å². The molecule has 2 aliphatic heterocycles. The van der Waals surface area contributed by atoms with Gasteiger partial charge >= 0.3 is 0 Å². The fourth-order valence-electron chi connectivity index (χ4n) is 2.93. The molecular formula is C13H20N4O2S. The van der Waals surface area contributed by atoms with E-state index in [-0.39, 0.29) is 5.91 Å². The van der Waals surface area contributed by atoms with Gasteiger partial charge in [-0.1, -0.05) is 11.3 Å². The molecule has 2 fully saturated rings. The SMILES string of the molecule is Cc1nc(N)sc1C(=O)N1CCC(N2CCOCC2)C1. The molecule has 1 aromatic heterocycles. The number of amides is 1. The Morgan fingerprint density at radius 1 is 1.40 bits per heavy atom. The number of likely N-dealkylation sites (tertiary alicyclic amines) is 1. The minimum Gasteiger partial charge on any atom is -0.379 e. The van der Waals surface area contributed by atoms with E-state index in [9.17, 15) is 4.79 Å². The van der Waals surface area contributed by atoms with Crippen LogP contribution in [-0.4, -0.2) is 66.1 Å². The predicted octanol–water partition coefficient (Wildman–Crippen LogP) is 0.580. The fraction of sp³-hybridized carbons (Fsp3) is 0.692. The minimum atomic E-state index is 0.0764. The summed E-state index contributed by atoms with van der Waals surface area (Å²) in [5, 5.41) is 0.467. The van der Waals surface area contributed by atoms with Gasteiger partial charge < -0.3 is 15.4 Å². The van der Waals surface area contributed by atoms with Crippen LogP contribution in [0.1, 0.15) is 21.8 Å². The standard InChI is InChI=1S/C13H20N4O2S/c1-9-11(20-13(14)15-9)12(18)17-3-2-10(8-17)16-4-6-19-7-5-16/h10H,2-8H2,1H3,(H2,14,15). The number of aromatic nitrogens is 1. The molecule has 0 aromatic carbocycles. The van der Waals surface area contributed by atoms with Crippen molar-refractivity contribution in [3.8, 4) is 0 Å². The molecule has 0 bridgehead atoms. The maximum Gasteiger partial charge on any atom is 0.265 e. The maximum atomic E-state index is 12.5. The van der Waals surface area contributed by atoms with Gasteiger partial charge in [0.2, 0.25) is 0 Å². The molecule has 1 aromatic rings. The largest absolute Gasteiger partial charge is 0.379 e. The number of hydrogen-bond acceptors (Lipinski definition) is 6. The second-order valence-corrected chi connectivity index (χ2v) is 6.34. The van der Waals surface area contributed by atoms with Crippen molar-refractivity contribution in [1.82, 2.24) is 14.8 Å². The van der Waals surface area contributed by atoms with Gasteiger partial charge in [-0.3, -0.25) is 9.69 Å².